The molecule has 146 valence electrons. The molecule has 0 aliphatic carbocycles. The van der Waals surface area contributed by atoms with Gasteiger partial charge in [0.05, 0.1) is 0 Å². The maximum Gasteiger partial charge on any atom is 0.253 e. The molecule has 0 radical (unpaired) electrons. The molecule has 2 aliphatic heterocycles. The van der Waals surface area contributed by atoms with Crippen LogP contribution in [0.4, 0.5) is 0 Å². The topological polar surface area (TPSA) is 67.9 Å². The molecule has 1 saturated heterocycles. The van der Waals surface area contributed by atoms with Crippen LogP contribution in [0.25, 0.3) is 0 Å². The Balaban J connectivity index is 1.21. The summed E-state index contributed by atoms with van der Waals surface area (Å²) < 4.78 is 10.7. The van der Waals surface area contributed by atoms with E-state index in [9.17, 15) is 9.59 Å². The van der Waals surface area contributed by atoms with E-state index in [0.717, 1.165) is 35.5 Å². The second kappa shape index (κ2) is 8.33. The first kappa shape index (κ1) is 18.3. The Morgan fingerprint density at radius 1 is 1.00 bits per heavy atom. The molecule has 0 atom stereocenters. The number of benzene rings is 2. The minimum absolute atomic E-state index is 0.0468. The van der Waals surface area contributed by atoms with Crippen LogP contribution in [0, 0.1) is 5.92 Å². The monoisotopic (exact) mass is 380 g/mol. The molecule has 1 N–H and O–H groups in total. The van der Waals surface area contributed by atoms with Gasteiger partial charge < -0.3 is 19.7 Å². The van der Waals surface area contributed by atoms with Crippen molar-refractivity contribution >= 4 is 11.8 Å². The summed E-state index contributed by atoms with van der Waals surface area (Å²) in [4.78, 5) is 26.7. The van der Waals surface area contributed by atoms with Crippen LogP contribution in [0.5, 0.6) is 11.5 Å². The van der Waals surface area contributed by atoms with Crippen molar-refractivity contribution in [1.82, 2.24) is 10.2 Å². The average molecular weight is 380 g/mol. The molecule has 4 rings (SSSR count). The predicted octanol–water partition coefficient (Wildman–Crippen LogP) is 2.97. The van der Waals surface area contributed by atoms with Gasteiger partial charge >= 0.3 is 0 Å². The third-order valence-electron chi connectivity index (χ3n) is 5.32. The highest BCUT2D eigenvalue weighted by Crippen LogP contribution is 2.32. The summed E-state index contributed by atoms with van der Waals surface area (Å²) in [6.07, 6.45) is 2.21. The van der Waals surface area contributed by atoms with E-state index in [-0.39, 0.29) is 18.6 Å². The maximum atomic E-state index is 12.5. The highest BCUT2D eigenvalue weighted by molar-refractivity contribution is 5.94. The zero-order valence-corrected chi connectivity index (χ0v) is 15.7. The van der Waals surface area contributed by atoms with Gasteiger partial charge in [-0.1, -0.05) is 24.3 Å². The van der Waals surface area contributed by atoms with Gasteiger partial charge in [0.25, 0.3) is 5.91 Å². The largest absolute Gasteiger partial charge is 0.454 e. The molecule has 2 aliphatic rings. The Morgan fingerprint density at radius 2 is 1.75 bits per heavy atom. The van der Waals surface area contributed by atoms with Crippen LogP contribution in [0.2, 0.25) is 0 Å². The van der Waals surface area contributed by atoms with Crippen molar-refractivity contribution in [3.05, 3.63) is 59.7 Å². The number of nitrogens with one attached hydrogen (secondary N) is 1. The van der Waals surface area contributed by atoms with Gasteiger partial charge in [0.15, 0.2) is 11.5 Å². The Labute approximate surface area is 164 Å². The summed E-state index contributed by atoms with van der Waals surface area (Å²) >= 11 is 0. The number of carbonyl (C=O) groups excluding carboxylic acids is 2. The van der Waals surface area contributed by atoms with Crippen molar-refractivity contribution in [3.8, 4) is 11.5 Å². The van der Waals surface area contributed by atoms with Crippen LogP contribution in [0.3, 0.4) is 0 Å². The van der Waals surface area contributed by atoms with Crippen molar-refractivity contribution in [2.75, 3.05) is 19.9 Å². The number of piperidine rings is 1. The number of fused-ring (bicyclic) bond motifs is 1. The highest BCUT2D eigenvalue weighted by atomic mass is 16.7. The lowest BCUT2D eigenvalue weighted by Gasteiger charge is -2.31. The van der Waals surface area contributed by atoms with E-state index in [1.54, 1.807) is 0 Å². The van der Waals surface area contributed by atoms with Crippen molar-refractivity contribution in [2.45, 2.75) is 25.8 Å². The maximum absolute atomic E-state index is 12.5. The molecule has 2 aromatic carbocycles. The summed E-state index contributed by atoms with van der Waals surface area (Å²) in [5.41, 5.74) is 1.71. The summed E-state index contributed by atoms with van der Waals surface area (Å²) in [7, 11) is 0. The number of amides is 2. The Bertz CT molecular complexity index is 845. The lowest BCUT2D eigenvalue weighted by Crippen LogP contribution is -2.39. The zero-order valence-electron chi connectivity index (χ0n) is 15.7. The number of hydrogen-bond donors (Lipinski definition) is 1. The van der Waals surface area contributed by atoms with E-state index < -0.39 is 0 Å². The summed E-state index contributed by atoms with van der Waals surface area (Å²) in [5, 5.41) is 2.98. The van der Waals surface area contributed by atoms with Crippen LogP contribution in [0.15, 0.2) is 48.5 Å². The minimum Gasteiger partial charge on any atom is -0.454 e. The van der Waals surface area contributed by atoms with Gasteiger partial charge in [0.1, 0.15) is 0 Å². The van der Waals surface area contributed by atoms with Crippen LogP contribution in [-0.4, -0.2) is 36.6 Å². The lowest BCUT2D eigenvalue weighted by molar-refractivity contribution is -0.122. The van der Waals surface area contributed by atoms with E-state index in [1.807, 2.05) is 53.4 Å². The first-order chi connectivity index (χ1) is 13.7. The number of nitrogens with zero attached hydrogens (tertiary/aromatic N) is 1. The number of rotatable bonds is 5. The average Bonchev–Trinajstić information content (AvgIpc) is 3.21. The highest BCUT2D eigenvalue weighted by Gasteiger charge is 2.25. The van der Waals surface area contributed by atoms with E-state index in [2.05, 4.69) is 5.32 Å². The summed E-state index contributed by atoms with van der Waals surface area (Å²) in [5.74, 6) is 1.91. The van der Waals surface area contributed by atoms with Crippen LogP contribution in [-0.2, 0) is 11.3 Å². The molecular formula is C22H24N2O4. The van der Waals surface area contributed by atoms with E-state index in [1.165, 1.54) is 0 Å². The quantitative estimate of drug-likeness (QED) is 0.866. The van der Waals surface area contributed by atoms with Gasteiger partial charge in [-0.25, -0.2) is 0 Å². The van der Waals surface area contributed by atoms with Gasteiger partial charge in [-0.2, -0.15) is 0 Å². The van der Waals surface area contributed by atoms with Gasteiger partial charge in [-0.05, 0) is 48.6 Å². The third kappa shape index (κ3) is 4.27. The number of hydrogen-bond acceptors (Lipinski definition) is 4. The molecule has 0 saturated carbocycles. The van der Waals surface area contributed by atoms with Crippen molar-refractivity contribution in [1.29, 1.82) is 0 Å². The smallest absolute Gasteiger partial charge is 0.253 e. The fourth-order valence-corrected chi connectivity index (χ4v) is 3.69. The molecule has 2 aromatic rings. The summed E-state index contributed by atoms with van der Waals surface area (Å²) in [6, 6.07) is 15.1. The van der Waals surface area contributed by atoms with Gasteiger partial charge in [0, 0.05) is 31.6 Å². The molecule has 28 heavy (non-hydrogen) atoms. The van der Waals surface area contributed by atoms with Crippen molar-refractivity contribution < 1.29 is 19.1 Å². The van der Waals surface area contributed by atoms with E-state index in [4.69, 9.17) is 9.47 Å². The first-order valence-electron chi connectivity index (χ1n) is 9.68. The Kier molecular flexibility index (Phi) is 5.46. The minimum atomic E-state index is 0.0468. The predicted molar refractivity (Wildman–Crippen MR) is 104 cm³/mol. The van der Waals surface area contributed by atoms with Gasteiger partial charge in [0.2, 0.25) is 12.7 Å². The fraction of sp³-hybridized carbons (Fsp3) is 0.364. The number of carbonyl (C=O) groups is 2. The van der Waals surface area contributed by atoms with Crippen molar-refractivity contribution in [3.63, 3.8) is 0 Å². The Hall–Kier alpha value is -3.02. The summed E-state index contributed by atoms with van der Waals surface area (Å²) in [6.45, 7) is 2.12. The molecule has 0 bridgehead atoms. The zero-order chi connectivity index (χ0) is 19.3. The molecule has 6 heteroatoms. The SMILES string of the molecule is O=C(CC1CCN(C(=O)c2ccccc2)CC1)NCc1ccc2c(c1)OCO2. The molecule has 2 amide bonds. The number of likely N-dealkylation sites (tertiary alicyclic amines) is 1. The van der Waals surface area contributed by atoms with Crippen LogP contribution in [0.1, 0.15) is 35.2 Å². The van der Waals surface area contributed by atoms with E-state index in [0.29, 0.717) is 32.0 Å². The fourth-order valence-electron chi connectivity index (χ4n) is 3.69. The van der Waals surface area contributed by atoms with Crippen LogP contribution >= 0.6 is 0 Å². The Morgan fingerprint density at radius 3 is 2.54 bits per heavy atom. The second-order valence-corrected chi connectivity index (χ2v) is 7.27. The molecule has 2 heterocycles. The first-order valence-corrected chi connectivity index (χ1v) is 9.68. The van der Waals surface area contributed by atoms with E-state index >= 15 is 0 Å². The molecule has 0 aromatic heterocycles. The lowest BCUT2D eigenvalue weighted by atomic mass is 9.93. The normalized spacial score (nSPS) is 16.1. The standard InChI is InChI=1S/C22H24N2O4/c25-21(23-14-17-6-7-19-20(12-17)28-15-27-19)13-16-8-10-24(11-9-16)22(26)18-4-2-1-3-5-18/h1-7,12,16H,8-11,13-15H2,(H,23,25). The molecule has 1 fully saturated rings. The molecule has 6 nitrogen and oxygen atoms in total. The molecular weight excluding hydrogens is 356 g/mol. The van der Waals surface area contributed by atoms with Gasteiger partial charge in [-0.15, -0.1) is 0 Å². The van der Waals surface area contributed by atoms with Gasteiger partial charge in [-0.3, -0.25) is 9.59 Å². The third-order valence-corrected chi connectivity index (χ3v) is 5.32. The molecule has 0 unspecified atom stereocenters. The van der Waals surface area contributed by atoms with Crippen molar-refractivity contribution in [2.24, 2.45) is 5.92 Å². The van der Waals surface area contributed by atoms with Crippen LogP contribution < -0.4 is 14.8 Å². The molecule has 0 spiro atoms. The number of ether oxygens (including phenoxy) is 2. The second-order valence-electron chi connectivity index (χ2n) is 7.27.